The lowest BCUT2D eigenvalue weighted by Gasteiger charge is -2.19. The molecule has 0 fully saturated rings. The van der Waals surface area contributed by atoms with Crippen LogP contribution in [-0.4, -0.2) is 23.3 Å². The first kappa shape index (κ1) is 7.44. The Morgan fingerprint density at radius 1 is 1.80 bits per heavy atom. The maximum absolute atomic E-state index is 10.8. The third-order valence-electron chi connectivity index (χ3n) is 1.42. The number of carbonyl (C=O) groups excluding carboxylic acids is 1. The Labute approximate surface area is 59.3 Å². The predicted molar refractivity (Wildman–Crippen MR) is 35.3 cm³/mol. The second-order valence-electron chi connectivity index (χ2n) is 2.19. The van der Waals surface area contributed by atoms with Gasteiger partial charge in [-0.25, -0.2) is 0 Å². The highest BCUT2D eigenvalue weighted by Gasteiger charge is 2.21. The lowest BCUT2D eigenvalue weighted by molar-refractivity contribution is -0.148. The number of hydrogen-bond donors (Lipinski definition) is 1. The maximum atomic E-state index is 10.8. The van der Waals surface area contributed by atoms with E-state index in [-0.39, 0.29) is 5.78 Å². The molecule has 10 heavy (non-hydrogen) atoms. The molecule has 0 amide bonds. The molecule has 0 radical (unpaired) electrons. The van der Waals surface area contributed by atoms with Crippen LogP contribution in [0.25, 0.3) is 0 Å². The van der Waals surface area contributed by atoms with Gasteiger partial charge in [0.05, 0.1) is 0 Å². The molecule has 3 heteroatoms. The normalized spacial score (nSPS) is 32.8. The average molecular weight is 142 g/mol. The molecule has 0 aliphatic carbocycles. The largest absolute Gasteiger partial charge is 0.365 e. The summed E-state index contributed by atoms with van der Waals surface area (Å²) in [4.78, 5) is 10.8. The predicted octanol–water partition coefficient (Wildman–Crippen LogP) is 0.239. The monoisotopic (exact) mass is 142 g/mol. The number of rotatable bonds is 1. The first-order valence-electron chi connectivity index (χ1n) is 3.29. The summed E-state index contributed by atoms with van der Waals surface area (Å²) in [5.74, 6) is -0.0622. The van der Waals surface area contributed by atoms with Crippen LogP contribution in [0.2, 0.25) is 0 Å². The van der Waals surface area contributed by atoms with E-state index in [1.807, 2.05) is 6.92 Å². The molecule has 1 N–H and O–H groups in total. The van der Waals surface area contributed by atoms with Gasteiger partial charge in [-0.3, -0.25) is 4.79 Å². The van der Waals surface area contributed by atoms with Gasteiger partial charge in [0.15, 0.2) is 12.1 Å². The topological polar surface area (TPSA) is 46.5 Å². The molecule has 1 aliphatic heterocycles. The molecule has 1 aliphatic rings. The van der Waals surface area contributed by atoms with Crippen LogP contribution in [0.3, 0.4) is 0 Å². The van der Waals surface area contributed by atoms with Crippen molar-refractivity contribution >= 4 is 5.78 Å². The first-order valence-corrected chi connectivity index (χ1v) is 3.29. The summed E-state index contributed by atoms with van der Waals surface area (Å²) in [5.41, 5.74) is 0. The molecule has 1 heterocycles. The van der Waals surface area contributed by atoms with Gasteiger partial charge in [-0.15, -0.1) is 0 Å². The van der Waals surface area contributed by atoms with Gasteiger partial charge >= 0.3 is 0 Å². The molecular weight excluding hydrogens is 132 g/mol. The van der Waals surface area contributed by atoms with Crippen molar-refractivity contribution < 1.29 is 14.6 Å². The molecule has 56 valence electrons. The summed E-state index contributed by atoms with van der Waals surface area (Å²) in [6.45, 7) is 1.84. The lowest BCUT2D eigenvalue weighted by Crippen LogP contribution is -2.30. The van der Waals surface area contributed by atoms with Crippen molar-refractivity contribution in [3.8, 4) is 0 Å². The van der Waals surface area contributed by atoms with Gasteiger partial charge in [-0.1, -0.05) is 6.92 Å². The van der Waals surface area contributed by atoms with Crippen molar-refractivity contribution in [3.05, 3.63) is 12.2 Å². The molecule has 1 unspecified atom stereocenters. The van der Waals surface area contributed by atoms with Crippen molar-refractivity contribution in [1.82, 2.24) is 0 Å². The van der Waals surface area contributed by atoms with Crippen LogP contribution in [0, 0.1) is 0 Å². The van der Waals surface area contributed by atoms with E-state index in [0.717, 1.165) is 0 Å². The van der Waals surface area contributed by atoms with E-state index >= 15 is 0 Å². The summed E-state index contributed by atoms with van der Waals surface area (Å²) in [7, 11) is 0. The molecule has 0 saturated heterocycles. The SMILES string of the molecule is CC[C@H]1OC(O)C=CC1=O. The number of ketones is 1. The molecule has 0 spiro atoms. The van der Waals surface area contributed by atoms with Gasteiger partial charge in [0, 0.05) is 0 Å². The van der Waals surface area contributed by atoms with Crippen molar-refractivity contribution in [2.24, 2.45) is 0 Å². The molecule has 3 nitrogen and oxygen atoms in total. The van der Waals surface area contributed by atoms with Crippen LogP contribution in [0.15, 0.2) is 12.2 Å². The van der Waals surface area contributed by atoms with Crippen molar-refractivity contribution in [2.75, 3.05) is 0 Å². The third kappa shape index (κ3) is 1.43. The van der Waals surface area contributed by atoms with Crippen LogP contribution >= 0.6 is 0 Å². The number of aliphatic hydroxyl groups is 1. The van der Waals surface area contributed by atoms with Gasteiger partial charge in [-0.05, 0) is 18.6 Å². The molecule has 0 saturated carbocycles. The average Bonchev–Trinajstić information content (AvgIpc) is 1.94. The molecule has 0 aromatic rings. The van der Waals surface area contributed by atoms with Crippen molar-refractivity contribution in [2.45, 2.75) is 25.7 Å². The van der Waals surface area contributed by atoms with Crippen LogP contribution in [0.5, 0.6) is 0 Å². The number of aliphatic hydroxyl groups excluding tert-OH is 1. The Morgan fingerprint density at radius 3 is 3.00 bits per heavy atom. The Morgan fingerprint density at radius 2 is 2.50 bits per heavy atom. The number of ether oxygens (including phenoxy) is 1. The number of carbonyl (C=O) groups is 1. The Bertz CT molecular complexity index is 162. The van der Waals surface area contributed by atoms with E-state index in [2.05, 4.69) is 0 Å². The zero-order valence-electron chi connectivity index (χ0n) is 5.78. The van der Waals surface area contributed by atoms with Crippen LogP contribution in [0.4, 0.5) is 0 Å². The minimum atomic E-state index is -0.900. The van der Waals surface area contributed by atoms with Crippen LogP contribution in [0.1, 0.15) is 13.3 Å². The maximum Gasteiger partial charge on any atom is 0.184 e. The van der Waals surface area contributed by atoms with E-state index in [4.69, 9.17) is 9.84 Å². The third-order valence-corrected chi connectivity index (χ3v) is 1.42. The Kier molecular flexibility index (Phi) is 2.19. The molecule has 0 aromatic carbocycles. The van der Waals surface area contributed by atoms with E-state index in [1.54, 1.807) is 0 Å². The van der Waals surface area contributed by atoms with Gasteiger partial charge in [-0.2, -0.15) is 0 Å². The second kappa shape index (κ2) is 2.94. The minimum absolute atomic E-state index is 0.0622. The summed E-state index contributed by atoms with van der Waals surface area (Å²) < 4.78 is 4.87. The Balaban J connectivity index is 2.62. The van der Waals surface area contributed by atoms with Gasteiger partial charge in [0.25, 0.3) is 0 Å². The highest BCUT2D eigenvalue weighted by molar-refractivity contribution is 5.94. The quantitative estimate of drug-likeness (QED) is 0.570. The van der Waals surface area contributed by atoms with E-state index in [9.17, 15) is 4.79 Å². The minimum Gasteiger partial charge on any atom is -0.365 e. The summed E-state index contributed by atoms with van der Waals surface area (Å²) >= 11 is 0. The molecule has 0 aromatic heterocycles. The lowest BCUT2D eigenvalue weighted by atomic mass is 10.1. The van der Waals surface area contributed by atoms with Crippen LogP contribution in [-0.2, 0) is 9.53 Å². The molecular formula is C7H10O3. The van der Waals surface area contributed by atoms with E-state index in [1.165, 1.54) is 12.2 Å². The zero-order valence-corrected chi connectivity index (χ0v) is 5.78. The van der Waals surface area contributed by atoms with Gasteiger partial charge in [0.2, 0.25) is 0 Å². The highest BCUT2D eigenvalue weighted by atomic mass is 16.6. The van der Waals surface area contributed by atoms with Crippen LogP contribution < -0.4 is 0 Å². The fourth-order valence-electron chi connectivity index (χ4n) is 0.863. The molecule has 1 rings (SSSR count). The van der Waals surface area contributed by atoms with Gasteiger partial charge < -0.3 is 9.84 Å². The summed E-state index contributed by atoms with van der Waals surface area (Å²) in [5, 5.41) is 8.87. The molecule has 0 bridgehead atoms. The first-order chi connectivity index (χ1) is 4.74. The van der Waals surface area contributed by atoms with Gasteiger partial charge in [0.1, 0.15) is 6.10 Å². The second-order valence-corrected chi connectivity index (χ2v) is 2.19. The number of hydrogen-bond acceptors (Lipinski definition) is 3. The van der Waals surface area contributed by atoms with Crippen molar-refractivity contribution in [1.29, 1.82) is 0 Å². The zero-order chi connectivity index (χ0) is 7.56. The summed E-state index contributed by atoms with van der Waals surface area (Å²) in [6, 6.07) is 0. The smallest absolute Gasteiger partial charge is 0.184 e. The molecule has 2 atom stereocenters. The van der Waals surface area contributed by atoms with Crippen molar-refractivity contribution in [3.63, 3.8) is 0 Å². The fraction of sp³-hybridized carbons (Fsp3) is 0.571. The fourth-order valence-corrected chi connectivity index (χ4v) is 0.863. The van der Waals surface area contributed by atoms with E-state index in [0.29, 0.717) is 6.42 Å². The summed E-state index contributed by atoms with van der Waals surface area (Å²) in [6.07, 6.45) is 1.97. The standard InChI is InChI=1S/C7H10O3/c1-2-6-5(8)3-4-7(9)10-6/h3-4,6-7,9H,2H2,1H3/t6-,7?/m1/s1. The highest BCUT2D eigenvalue weighted by Crippen LogP contribution is 2.09. The van der Waals surface area contributed by atoms with E-state index < -0.39 is 12.4 Å². The Hall–Kier alpha value is -0.670.